The number of cyclic esters (lactones) is 1. The normalized spacial score (nSPS) is 29.6. The van der Waals surface area contributed by atoms with Gasteiger partial charge in [-0.25, -0.2) is 4.79 Å². The van der Waals surface area contributed by atoms with E-state index in [0.717, 1.165) is 35.1 Å². The molecule has 4 heteroatoms. The van der Waals surface area contributed by atoms with Crippen molar-refractivity contribution in [3.8, 4) is 5.75 Å². The van der Waals surface area contributed by atoms with E-state index in [1.54, 1.807) is 7.11 Å². The first-order chi connectivity index (χ1) is 10.6. The number of methoxy groups -OCH3 is 1. The van der Waals surface area contributed by atoms with E-state index in [9.17, 15) is 9.59 Å². The van der Waals surface area contributed by atoms with Crippen molar-refractivity contribution in [2.45, 2.75) is 31.6 Å². The van der Waals surface area contributed by atoms with Crippen LogP contribution in [0.4, 0.5) is 0 Å². The Hall–Kier alpha value is -2.10. The molecule has 3 aliphatic rings. The molecule has 22 heavy (non-hydrogen) atoms. The number of carbonyl (C=O) groups is 2. The first kappa shape index (κ1) is 13.6. The van der Waals surface area contributed by atoms with Gasteiger partial charge >= 0.3 is 5.97 Å². The molecule has 4 nitrogen and oxygen atoms in total. The first-order valence-corrected chi connectivity index (χ1v) is 7.66. The highest BCUT2D eigenvalue weighted by Crippen LogP contribution is 2.54. The third-order valence-corrected chi connectivity index (χ3v) is 5.61. The summed E-state index contributed by atoms with van der Waals surface area (Å²) in [5, 5.41) is 0. The quantitative estimate of drug-likeness (QED) is 0.748. The number of fused-ring (bicyclic) bond motifs is 4. The second-order valence-corrected chi connectivity index (χ2v) is 6.56. The van der Waals surface area contributed by atoms with Crippen molar-refractivity contribution in [3.63, 3.8) is 0 Å². The molecule has 2 aliphatic carbocycles. The number of Topliss-reactive ketones (excluding diaryl/α,β-unsaturated/α-hetero) is 1. The zero-order valence-electron chi connectivity index (χ0n) is 12.8. The van der Waals surface area contributed by atoms with E-state index in [2.05, 4.69) is 6.92 Å². The summed E-state index contributed by atoms with van der Waals surface area (Å²) in [7, 11) is 1.60. The maximum absolute atomic E-state index is 12.7. The van der Waals surface area contributed by atoms with E-state index in [4.69, 9.17) is 9.47 Å². The number of ether oxygens (including phenoxy) is 2. The lowest BCUT2D eigenvalue weighted by molar-refractivity contribution is -0.136. The van der Waals surface area contributed by atoms with E-state index < -0.39 is 0 Å². The Morgan fingerprint density at radius 2 is 2.14 bits per heavy atom. The minimum atomic E-state index is -0.194. The van der Waals surface area contributed by atoms with Crippen LogP contribution in [0.25, 0.3) is 0 Å². The molecule has 0 N–H and O–H groups in total. The lowest BCUT2D eigenvalue weighted by atomic mass is 9.56. The summed E-state index contributed by atoms with van der Waals surface area (Å²) in [4.78, 5) is 24.5. The van der Waals surface area contributed by atoms with Gasteiger partial charge in [0.15, 0.2) is 5.78 Å². The van der Waals surface area contributed by atoms with Gasteiger partial charge < -0.3 is 9.47 Å². The minimum absolute atomic E-state index is 0.0646. The highest BCUT2D eigenvalue weighted by atomic mass is 16.5. The van der Waals surface area contributed by atoms with Crippen molar-refractivity contribution in [1.29, 1.82) is 0 Å². The van der Waals surface area contributed by atoms with Crippen LogP contribution in [0.15, 0.2) is 29.3 Å². The number of ketones is 1. The lowest BCUT2D eigenvalue weighted by Gasteiger charge is -2.46. The van der Waals surface area contributed by atoms with Crippen molar-refractivity contribution in [2.24, 2.45) is 5.92 Å². The Morgan fingerprint density at radius 1 is 1.32 bits per heavy atom. The highest BCUT2D eigenvalue weighted by molar-refractivity contribution is 6.03. The number of carbonyl (C=O) groups excluding carboxylic acids is 2. The van der Waals surface area contributed by atoms with Gasteiger partial charge in [-0.1, -0.05) is 19.1 Å². The molecule has 0 radical (unpaired) electrons. The van der Waals surface area contributed by atoms with Crippen LogP contribution in [0.5, 0.6) is 5.75 Å². The molecule has 0 saturated carbocycles. The zero-order valence-corrected chi connectivity index (χ0v) is 12.8. The average Bonchev–Trinajstić information content (AvgIpc) is 2.90. The van der Waals surface area contributed by atoms with Crippen LogP contribution in [0, 0.1) is 5.92 Å². The fourth-order valence-corrected chi connectivity index (χ4v) is 4.39. The number of benzene rings is 1. The van der Waals surface area contributed by atoms with Gasteiger partial charge in [-0.05, 0) is 30.0 Å². The second-order valence-electron chi connectivity index (χ2n) is 6.56. The molecule has 0 fully saturated rings. The van der Waals surface area contributed by atoms with E-state index in [-0.39, 0.29) is 23.1 Å². The molecule has 1 aliphatic heterocycles. The molecule has 0 spiro atoms. The maximum atomic E-state index is 12.7. The Bertz CT molecular complexity index is 731. The largest absolute Gasteiger partial charge is 0.496 e. The summed E-state index contributed by atoms with van der Waals surface area (Å²) >= 11 is 0. The number of hydrogen-bond acceptors (Lipinski definition) is 4. The summed E-state index contributed by atoms with van der Waals surface area (Å²) < 4.78 is 10.6. The van der Waals surface area contributed by atoms with Crippen LogP contribution in [-0.2, 0) is 14.9 Å². The molecule has 0 unspecified atom stereocenters. The molecule has 1 aromatic carbocycles. The van der Waals surface area contributed by atoms with Gasteiger partial charge in [-0.15, -0.1) is 0 Å². The van der Waals surface area contributed by atoms with E-state index in [1.165, 1.54) is 0 Å². The van der Waals surface area contributed by atoms with Gasteiger partial charge in [0.2, 0.25) is 0 Å². The van der Waals surface area contributed by atoms with Crippen LogP contribution in [0.3, 0.4) is 0 Å². The van der Waals surface area contributed by atoms with Crippen molar-refractivity contribution in [1.82, 2.24) is 0 Å². The molecular weight excluding hydrogens is 280 g/mol. The summed E-state index contributed by atoms with van der Waals surface area (Å²) in [6.07, 6.45) is 2.02. The number of esters is 1. The molecule has 1 aromatic rings. The number of hydrogen-bond donors (Lipinski definition) is 0. The summed E-state index contributed by atoms with van der Waals surface area (Å²) in [6, 6.07) is 5.82. The Kier molecular flexibility index (Phi) is 2.74. The van der Waals surface area contributed by atoms with Crippen molar-refractivity contribution in [2.75, 3.05) is 13.7 Å². The minimum Gasteiger partial charge on any atom is -0.496 e. The van der Waals surface area contributed by atoms with Crippen LogP contribution < -0.4 is 4.74 Å². The first-order valence-electron chi connectivity index (χ1n) is 7.66. The third-order valence-electron chi connectivity index (χ3n) is 5.61. The van der Waals surface area contributed by atoms with Gasteiger partial charge in [-0.2, -0.15) is 0 Å². The Morgan fingerprint density at radius 3 is 2.91 bits per heavy atom. The lowest BCUT2D eigenvalue weighted by Crippen LogP contribution is -2.43. The topological polar surface area (TPSA) is 52.6 Å². The predicted octanol–water partition coefficient (Wildman–Crippen LogP) is 2.80. The molecule has 114 valence electrons. The van der Waals surface area contributed by atoms with Crippen molar-refractivity contribution < 1.29 is 19.1 Å². The van der Waals surface area contributed by atoms with Crippen molar-refractivity contribution >= 4 is 11.8 Å². The molecule has 4 rings (SSSR count). The van der Waals surface area contributed by atoms with Gasteiger partial charge in [0.1, 0.15) is 12.4 Å². The standard InChI is InChI=1S/C18H18O4/c1-18-7-6-10-11(9-22-17(10)20)13(18)8-14(19)16-12(18)4-3-5-15(16)21-2/h3-5,13H,6-9H2,1-2H3/t13-,18+/m0/s1. The zero-order chi connectivity index (χ0) is 15.5. The Labute approximate surface area is 129 Å². The predicted molar refractivity (Wildman–Crippen MR) is 80.0 cm³/mol. The van der Waals surface area contributed by atoms with E-state index >= 15 is 0 Å². The molecule has 2 atom stereocenters. The molecule has 0 saturated heterocycles. The highest BCUT2D eigenvalue weighted by Gasteiger charge is 2.51. The van der Waals surface area contributed by atoms with Gasteiger partial charge in [0.05, 0.1) is 12.7 Å². The smallest absolute Gasteiger partial charge is 0.334 e. The molecule has 0 aromatic heterocycles. The van der Waals surface area contributed by atoms with Gasteiger partial charge in [-0.3, -0.25) is 4.79 Å². The van der Waals surface area contributed by atoms with Crippen LogP contribution in [-0.4, -0.2) is 25.5 Å². The summed E-state index contributed by atoms with van der Waals surface area (Å²) in [5.74, 6) is 0.625. The average molecular weight is 298 g/mol. The maximum Gasteiger partial charge on any atom is 0.334 e. The molecular formula is C18H18O4. The third kappa shape index (κ3) is 1.58. The fourth-order valence-electron chi connectivity index (χ4n) is 4.39. The van der Waals surface area contributed by atoms with E-state index in [1.807, 2.05) is 18.2 Å². The van der Waals surface area contributed by atoms with Crippen molar-refractivity contribution in [3.05, 3.63) is 40.5 Å². The SMILES string of the molecule is COc1cccc2c1C(=O)C[C@H]1C3=C(CC[C@]21C)C(=O)OC3. The van der Waals surface area contributed by atoms with Crippen LogP contribution in [0.1, 0.15) is 42.1 Å². The summed E-state index contributed by atoms with van der Waals surface area (Å²) in [6.45, 7) is 2.55. The molecule has 1 heterocycles. The fraction of sp³-hybridized carbons (Fsp3) is 0.444. The van der Waals surface area contributed by atoms with Crippen LogP contribution in [0.2, 0.25) is 0 Å². The molecule has 0 bridgehead atoms. The van der Waals surface area contributed by atoms with Crippen LogP contribution >= 0.6 is 0 Å². The Balaban J connectivity index is 1.91. The summed E-state index contributed by atoms with van der Waals surface area (Å²) in [5.41, 5.74) is 3.49. The van der Waals surface area contributed by atoms with Gasteiger partial charge in [0.25, 0.3) is 0 Å². The monoisotopic (exact) mass is 298 g/mol. The second kappa shape index (κ2) is 4.45. The number of rotatable bonds is 1. The van der Waals surface area contributed by atoms with E-state index in [0.29, 0.717) is 18.8 Å². The molecule has 0 amide bonds. The van der Waals surface area contributed by atoms with Gasteiger partial charge in [0, 0.05) is 23.3 Å².